The van der Waals surface area contributed by atoms with Crippen LogP contribution in [-0.4, -0.2) is 40.9 Å². The molecule has 0 aromatic heterocycles. The number of ether oxygens (including phenoxy) is 2. The molecule has 2 aliphatic rings. The molecule has 5 nitrogen and oxygen atoms in total. The molecular weight excluding hydrogens is 469 g/mol. The molecule has 3 atom stereocenters. The highest BCUT2D eigenvalue weighted by atomic mass is 19.1. The third-order valence-electron chi connectivity index (χ3n) is 7.61. The van der Waals surface area contributed by atoms with E-state index in [9.17, 15) is 14.6 Å². The lowest BCUT2D eigenvalue weighted by Crippen LogP contribution is -2.35. The predicted molar refractivity (Wildman–Crippen MR) is 144 cm³/mol. The van der Waals surface area contributed by atoms with E-state index in [1.54, 1.807) is 18.2 Å². The van der Waals surface area contributed by atoms with E-state index in [1.807, 2.05) is 38.1 Å². The lowest BCUT2D eigenvalue weighted by atomic mass is 9.84. The van der Waals surface area contributed by atoms with Crippen molar-refractivity contribution in [3.05, 3.63) is 82.7 Å². The summed E-state index contributed by atoms with van der Waals surface area (Å²) in [5.41, 5.74) is 4.71. The lowest BCUT2D eigenvalue weighted by Gasteiger charge is -2.32. The second-order valence-electron chi connectivity index (χ2n) is 10.5. The van der Waals surface area contributed by atoms with E-state index < -0.39 is 11.9 Å². The number of benzene rings is 3. The first kappa shape index (κ1) is 25.2. The Bertz CT molecular complexity index is 1330. The van der Waals surface area contributed by atoms with Crippen LogP contribution in [0.1, 0.15) is 55.5 Å². The third kappa shape index (κ3) is 5.03. The number of aryl methyl sites for hydroxylation is 1. The number of nitrogens with zero attached hydrogens (tertiary/aromatic N) is 1. The van der Waals surface area contributed by atoms with Gasteiger partial charge in [0.15, 0.2) is 11.6 Å². The molecular formula is C31H34FNO4. The molecule has 0 radical (unpaired) electrons. The normalized spacial score (nSPS) is 20.5. The molecule has 3 aromatic carbocycles. The Labute approximate surface area is 217 Å². The topological polar surface area (TPSA) is 62.2 Å². The van der Waals surface area contributed by atoms with Gasteiger partial charge in [-0.1, -0.05) is 19.1 Å². The summed E-state index contributed by atoms with van der Waals surface area (Å²) < 4.78 is 27.1. The maximum absolute atomic E-state index is 14.5. The zero-order chi connectivity index (χ0) is 26.3. The van der Waals surface area contributed by atoms with E-state index in [0.29, 0.717) is 24.0 Å². The molecule has 0 bridgehead atoms. The molecule has 0 saturated carbocycles. The van der Waals surface area contributed by atoms with Gasteiger partial charge in [0, 0.05) is 23.7 Å². The van der Waals surface area contributed by atoms with Gasteiger partial charge >= 0.3 is 0 Å². The maximum Gasteiger partial charge on any atom is 0.165 e. The molecule has 2 aliphatic heterocycles. The SMILES string of the molecule is CC1=C(c2cc(F)c(O)cc2C)C(c2ccc(OC[C@H](C)N3CC[C@@H](C)C3)cc2)Oc2ccc(O)cc21. The summed E-state index contributed by atoms with van der Waals surface area (Å²) in [4.78, 5) is 2.48. The molecule has 3 aromatic rings. The van der Waals surface area contributed by atoms with Crippen LogP contribution in [0.4, 0.5) is 4.39 Å². The highest BCUT2D eigenvalue weighted by Crippen LogP contribution is 2.48. The third-order valence-corrected chi connectivity index (χ3v) is 7.61. The van der Waals surface area contributed by atoms with Gasteiger partial charge in [0.05, 0.1) is 0 Å². The first-order chi connectivity index (χ1) is 17.7. The molecule has 5 rings (SSSR count). The Balaban J connectivity index is 1.45. The molecule has 2 heterocycles. The summed E-state index contributed by atoms with van der Waals surface area (Å²) in [5.74, 6) is 1.24. The zero-order valence-electron chi connectivity index (χ0n) is 21.8. The molecule has 1 unspecified atom stereocenters. The number of fused-ring (bicyclic) bond motifs is 1. The summed E-state index contributed by atoms with van der Waals surface area (Å²) in [5, 5.41) is 20.0. The second kappa shape index (κ2) is 10.1. The van der Waals surface area contributed by atoms with Crippen LogP contribution >= 0.6 is 0 Å². The maximum atomic E-state index is 14.5. The molecule has 1 fully saturated rings. The number of allylic oxidation sites excluding steroid dienone is 1. The van der Waals surface area contributed by atoms with Gasteiger partial charge < -0.3 is 19.7 Å². The number of likely N-dealkylation sites (tertiary alicyclic amines) is 1. The van der Waals surface area contributed by atoms with Crippen LogP contribution in [0.5, 0.6) is 23.0 Å². The average Bonchev–Trinajstić information content (AvgIpc) is 3.32. The number of hydrogen-bond donors (Lipinski definition) is 2. The Morgan fingerprint density at radius 2 is 1.81 bits per heavy atom. The summed E-state index contributed by atoms with van der Waals surface area (Å²) in [6, 6.07) is 16.0. The van der Waals surface area contributed by atoms with E-state index in [2.05, 4.69) is 18.7 Å². The van der Waals surface area contributed by atoms with Crippen molar-refractivity contribution in [1.82, 2.24) is 4.90 Å². The van der Waals surface area contributed by atoms with Crippen molar-refractivity contribution in [2.24, 2.45) is 5.92 Å². The summed E-state index contributed by atoms with van der Waals surface area (Å²) in [7, 11) is 0. The fourth-order valence-corrected chi connectivity index (χ4v) is 5.41. The highest BCUT2D eigenvalue weighted by molar-refractivity contribution is 5.96. The van der Waals surface area contributed by atoms with Gasteiger partial charge in [-0.05, 0) is 104 Å². The van der Waals surface area contributed by atoms with Gasteiger partial charge in [-0.3, -0.25) is 4.90 Å². The van der Waals surface area contributed by atoms with Crippen LogP contribution in [-0.2, 0) is 0 Å². The fourth-order valence-electron chi connectivity index (χ4n) is 5.41. The molecule has 6 heteroatoms. The van der Waals surface area contributed by atoms with Crippen molar-refractivity contribution in [3.8, 4) is 23.0 Å². The molecule has 1 saturated heterocycles. The van der Waals surface area contributed by atoms with E-state index in [4.69, 9.17) is 9.47 Å². The van der Waals surface area contributed by atoms with E-state index in [0.717, 1.165) is 52.6 Å². The molecule has 194 valence electrons. The van der Waals surface area contributed by atoms with Crippen LogP contribution in [0.3, 0.4) is 0 Å². The fraction of sp³-hybridized carbons (Fsp3) is 0.355. The number of hydrogen-bond acceptors (Lipinski definition) is 5. The van der Waals surface area contributed by atoms with Crippen molar-refractivity contribution in [1.29, 1.82) is 0 Å². The van der Waals surface area contributed by atoms with E-state index >= 15 is 0 Å². The summed E-state index contributed by atoms with van der Waals surface area (Å²) in [6.07, 6.45) is 0.738. The van der Waals surface area contributed by atoms with Gasteiger partial charge in [0.1, 0.15) is 30.0 Å². The minimum Gasteiger partial charge on any atom is -0.508 e. The zero-order valence-corrected chi connectivity index (χ0v) is 21.8. The van der Waals surface area contributed by atoms with E-state index in [1.165, 1.54) is 18.6 Å². The number of phenols is 2. The van der Waals surface area contributed by atoms with Crippen LogP contribution in [0.25, 0.3) is 11.1 Å². The standard InChI is InChI=1S/C31H34FNO4/c1-18-11-12-33(16-18)20(3)17-36-24-8-5-22(6-9-24)31-30(25-15-27(32)28(35)13-19(25)2)21(4)26-14-23(34)7-10-29(26)37-31/h5-10,13-15,18,20,31,34-35H,11-12,16-17H2,1-4H3/t18-,20+,31?/m1/s1. The quantitative estimate of drug-likeness (QED) is 0.391. The van der Waals surface area contributed by atoms with Crippen molar-refractivity contribution < 1.29 is 24.1 Å². The Morgan fingerprint density at radius 1 is 1.05 bits per heavy atom. The van der Waals surface area contributed by atoms with Crippen molar-refractivity contribution in [2.75, 3.05) is 19.7 Å². The Kier molecular flexibility index (Phi) is 6.86. The Morgan fingerprint density at radius 3 is 2.51 bits per heavy atom. The van der Waals surface area contributed by atoms with E-state index in [-0.39, 0.29) is 11.5 Å². The van der Waals surface area contributed by atoms with Gasteiger partial charge in [-0.15, -0.1) is 0 Å². The minimum atomic E-state index is -0.688. The summed E-state index contributed by atoms with van der Waals surface area (Å²) >= 11 is 0. The van der Waals surface area contributed by atoms with Crippen LogP contribution in [0.15, 0.2) is 54.6 Å². The average molecular weight is 504 g/mol. The smallest absolute Gasteiger partial charge is 0.165 e. The summed E-state index contributed by atoms with van der Waals surface area (Å²) in [6.45, 7) is 11.1. The van der Waals surface area contributed by atoms with Crippen LogP contribution < -0.4 is 9.47 Å². The van der Waals surface area contributed by atoms with Crippen molar-refractivity contribution in [2.45, 2.75) is 46.3 Å². The molecule has 37 heavy (non-hydrogen) atoms. The van der Waals surface area contributed by atoms with Gasteiger partial charge in [-0.2, -0.15) is 0 Å². The van der Waals surface area contributed by atoms with Crippen molar-refractivity contribution >= 4 is 11.1 Å². The lowest BCUT2D eigenvalue weighted by molar-refractivity contribution is 0.169. The molecule has 2 N–H and O–H groups in total. The van der Waals surface area contributed by atoms with Crippen LogP contribution in [0.2, 0.25) is 0 Å². The first-order valence-corrected chi connectivity index (χ1v) is 12.9. The van der Waals surface area contributed by atoms with Gasteiger partial charge in [0.2, 0.25) is 0 Å². The monoisotopic (exact) mass is 503 g/mol. The highest BCUT2D eigenvalue weighted by Gasteiger charge is 2.31. The number of rotatable bonds is 6. The predicted octanol–water partition coefficient (Wildman–Crippen LogP) is 6.72. The number of aromatic hydroxyl groups is 2. The largest absolute Gasteiger partial charge is 0.508 e. The van der Waals surface area contributed by atoms with Crippen molar-refractivity contribution in [3.63, 3.8) is 0 Å². The molecule has 0 aliphatic carbocycles. The Hall–Kier alpha value is -3.51. The molecule has 0 amide bonds. The van der Waals surface area contributed by atoms with Crippen LogP contribution in [0, 0.1) is 18.7 Å². The second-order valence-corrected chi connectivity index (χ2v) is 10.5. The first-order valence-electron chi connectivity index (χ1n) is 12.9. The molecule has 0 spiro atoms. The number of halogens is 1. The van der Waals surface area contributed by atoms with Gasteiger partial charge in [0.25, 0.3) is 0 Å². The number of phenolic OH excluding ortho intramolecular Hbond substituents is 2. The minimum absolute atomic E-state index is 0.132. The van der Waals surface area contributed by atoms with Gasteiger partial charge in [-0.25, -0.2) is 4.39 Å².